The molecule has 1 amide bonds. The molecular weight excluding hydrogens is 337 g/mol. The van der Waals surface area contributed by atoms with Gasteiger partial charge in [-0.3, -0.25) is 14.9 Å². The van der Waals surface area contributed by atoms with Crippen LogP contribution < -0.4 is 10.2 Å². The topological polar surface area (TPSA) is 75.5 Å². The van der Waals surface area contributed by atoms with Crippen molar-refractivity contribution < 1.29 is 14.1 Å². The minimum atomic E-state index is -0.770. The van der Waals surface area contributed by atoms with Gasteiger partial charge in [0.05, 0.1) is 21.9 Å². The van der Waals surface area contributed by atoms with Crippen molar-refractivity contribution in [2.45, 2.75) is 26.2 Å². The summed E-state index contributed by atoms with van der Waals surface area (Å²) < 4.78 is 14.0. The molecule has 3 rings (SSSR count). The monoisotopic (exact) mass is 357 g/mol. The van der Waals surface area contributed by atoms with E-state index in [0.717, 1.165) is 43.8 Å². The van der Waals surface area contributed by atoms with Gasteiger partial charge in [0.1, 0.15) is 5.82 Å². The van der Waals surface area contributed by atoms with Gasteiger partial charge in [0.2, 0.25) is 0 Å². The van der Waals surface area contributed by atoms with E-state index in [1.54, 1.807) is 12.1 Å². The first-order valence-electron chi connectivity index (χ1n) is 8.57. The number of hydrogen-bond acceptors (Lipinski definition) is 4. The Morgan fingerprint density at radius 1 is 1.19 bits per heavy atom. The molecule has 1 aliphatic rings. The average Bonchev–Trinajstić information content (AvgIpc) is 2.64. The van der Waals surface area contributed by atoms with Crippen molar-refractivity contribution in [3.8, 4) is 0 Å². The van der Waals surface area contributed by atoms with Crippen molar-refractivity contribution in [1.82, 2.24) is 0 Å². The lowest BCUT2D eigenvalue weighted by Crippen LogP contribution is -2.30. The Labute approximate surface area is 150 Å². The molecule has 2 aromatic carbocycles. The average molecular weight is 357 g/mol. The van der Waals surface area contributed by atoms with E-state index in [0.29, 0.717) is 5.69 Å². The summed E-state index contributed by atoms with van der Waals surface area (Å²) in [5, 5.41) is 13.8. The zero-order valence-corrected chi connectivity index (χ0v) is 14.5. The van der Waals surface area contributed by atoms with Gasteiger partial charge in [-0.1, -0.05) is 12.1 Å². The molecule has 0 atom stereocenters. The molecular formula is C19H20FN3O3. The molecule has 0 saturated carbocycles. The highest BCUT2D eigenvalue weighted by atomic mass is 19.1. The maximum absolute atomic E-state index is 14.0. The van der Waals surface area contributed by atoms with Crippen LogP contribution in [0.1, 0.15) is 35.2 Å². The molecule has 136 valence electrons. The third kappa shape index (κ3) is 3.66. The fraction of sp³-hybridized carbons (Fsp3) is 0.316. The number of para-hydroxylation sites is 2. The van der Waals surface area contributed by atoms with Crippen molar-refractivity contribution in [2.75, 3.05) is 23.3 Å². The minimum Gasteiger partial charge on any atom is -0.370 e. The lowest BCUT2D eigenvalue weighted by Gasteiger charge is -2.30. The van der Waals surface area contributed by atoms with Crippen LogP contribution in [-0.2, 0) is 0 Å². The number of nitrogens with one attached hydrogen (secondary N) is 1. The number of nitro groups is 1. The molecule has 0 radical (unpaired) electrons. The summed E-state index contributed by atoms with van der Waals surface area (Å²) in [6, 6.07) is 9.55. The third-order valence-corrected chi connectivity index (χ3v) is 4.62. The molecule has 0 spiro atoms. The first-order valence-corrected chi connectivity index (χ1v) is 8.57. The highest BCUT2D eigenvalue weighted by Crippen LogP contribution is 2.29. The van der Waals surface area contributed by atoms with E-state index in [9.17, 15) is 19.3 Å². The molecule has 1 saturated heterocycles. The number of rotatable bonds is 4. The van der Waals surface area contributed by atoms with Crippen LogP contribution in [0.5, 0.6) is 0 Å². The quantitative estimate of drug-likeness (QED) is 0.654. The molecule has 0 bridgehead atoms. The molecule has 1 fully saturated rings. The SMILES string of the molecule is Cc1c(F)cc(C(=O)Nc2ccccc2N2CCCCC2)cc1[N+](=O)[O-]. The molecule has 1 heterocycles. The van der Waals surface area contributed by atoms with Crippen LogP contribution >= 0.6 is 0 Å². The Morgan fingerprint density at radius 3 is 2.58 bits per heavy atom. The van der Waals surface area contributed by atoms with Crippen LogP contribution in [0.15, 0.2) is 36.4 Å². The van der Waals surface area contributed by atoms with Crippen molar-refractivity contribution >= 4 is 23.0 Å². The lowest BCUT2D eigenvalue weighted by molar-refractivity contribution is -0.385. The van der Waals surface area contributed by atoms with Gasteiger partial charge < -0.3 is 10.2 Å². The summed E-state index contributed by atoms with van der Waals surface area (Å²) in [4.78, 5) is 25.2. The summed E-state index contributed by atoms with van der Waals surface area (Å²) in [6.45, 7) is 3.15. The van der Waals surface area contributed by atoms with E-state index < -0.39 is 22.3 Å². The van der Waals surface area contributed by atoms with Crippen LogP contribution in [0, 0.1) is 22.9 Å². The number of nitrogens with zero attached hydrogens (tertiary/aromatic N) is 2. The molecule has 0 unspecified atom stereocenters. The second kappa shape index (κ2) is 7.51. The Kier molecular flexibility index (Phi) is 5.16. The second-order valence-corrected chi connectivity index (χ2v) is 6.38. The Morgan fingerprint density at radius 2 is 1.88 bits per heavy atom. The third-order valence-electron chi connectivity index (χ3n) is 4.62. The highest BCUT2D eigenvalue weighted by molar-refractivity contribution is 6.06. The predicted molar refractivity (Wildman–Crippen MR) is 98.3 cm³/mol. The summed E-state index contributed by atoms with van der Waals surface area (Å²) in [5.74, 6) is -1.34. The molecule has 1 N–H and O–H groups in total. The molecule has 6 nitrogen and oxygen atoms in total. The maximum atomic E-state index is 14.0. The summed E-state index contributed by atoms with van der Waals surface area (Å²) in [7, 11) is 0. The predicted octanol–water partition coefficient (Wildman–Crippen LogP) is 4.28. The van der Waals surface area contributed by atoms with Gasteiger partial charge >= 0.3 is 0 Å². The molecule has 26 heavy (non-hydrogen) atoms. The van der Waals surface area contributed by atoms with Crippen molar-refractivity contribution in [2.24, 2.45) is 0 Å². The van der Waals surface area contributed by atoms with E-state index >= 15 is 0 Å². The van der Waals surface area contributed by atoms with E-state index in [1.165, 1.54) is 13.3 Å². The smallest absolute Gasteiger partial charge is 0.276 e. The normalized spacial score (nSPS) is 14.2. The number of anilines is 2. The fourth-order valence-electron chi connectivity index (χ4n) is 3.17. The first-order chi connectivity index (χ1) is 12.5. The van der Waals surface area contributed by atoms with Crippen LogP contribution in [0.2, 0.25) is 0 Å². The van der Waals surface area contributed by atoms with Gasteiger partial charge in [-0.05, 0) is 44.4 Å². The van der Waals surface area contributed by atoms with Gasteiger partial charge in [-0.15, -0.1) is 0 Å². The number of hydrogen-bond donors (Lipinski definition) is 1. The van der Waals surface area contributed by atoms with E-state index in [2.05, 4.69) is 10.2 Å². The van der Waals surface area contributed by atoms with Gasteiger partial charge in [-0.2, -0.15) is 0 Å². The number of carbonyl (C=O) groups is 1. The van der Waals surface area contributed by atoms with Gasteiger partial charge in [0, 0.05) is 24.7 Å². The number of halogens is 1. The van der Waals surface area contributed by atoms with Crippen molar-refractivity contribution in [3.05, 3.63) is 63.5 Å². The summed E-state index contributed by atoms with van der Waals surface area (Å²) in [5.41, 5.74) is 0.957. The minimum absolute atomic E-state index is 0.0757. The highest BCUT2D eigenvalue weighted by Gasteiger charge is 2.21. The zero-order valence-electron chi connectivity index (χ0n) is 14.5. The number of carbonyl (C=O) groups excluding carboxylic acids is 1. The second-order valence-electron chi connectivity index (χ2n) is 6.38. The molecule has 1 aliphatic heterocycles. The number of piperidine rings is 1. The number of benzene rings is 2. The summed E-state index contributed by atoms with van der Waals surface area (Å²) in [6.07, 6.45) is 3.38. The first kappa shape index (κ1) is 17.8. The van der Waals surface area contributed by atoms with Crippen molar-refractivity contribution in [3.63, 3.8) is 0 Å². The van der Waals surface area contributed by atoms with Crippen LogP contribution in [0.25, 0.3) is 0 Å². The Bertz CT molecular complexity index is 848. The largest absolute Gasteiger partial charge is 0.370 e. The number of amides is 1. The Hall–Kier alpha value is -2.96. The lowest BCUT2D eigenvalue weighted by atomic mass is 10.1. The zero-order chi connectivity index (χ0) is 18.7. The van der Waals surface area contributed by atoms with Crippen molar-refractivity contribution in [1.29, 1.82) is 0 Å². The van der Waals surface area contributed by atoms with E-state index in [-0.39, 0.29) is 11.1 Å². The Balaban J connectivity index is 1.88. The fourth-order valence-corrected chi connectivity index (χ4v) is 3.17. The van der Waals surface area contributed by atoms with Crippen LogP contribution in [-0.4, -0.2) is 23.9 Å². The summed E-state index contributed by atoms with van der Waals surface area (Å²) >= 11 is 0. The molecule has 0 aromatic heterocycles. The van der Waals surface area contributed by atoms with Gasteiger partial charge in [0.15, 0.2) is 0 Å². The van der Waals surface area contributed by atoms with Crippen LogP contribution in [0.4, 0.5) is 21.5 Å². The molecule has 7 heteroatoms. The standard InChI is InChI=1S/C19H20FN3O3/c1-13-15(20)11-14(12-18(13)23(25)26)19(24)21-16-7-3-4-8-17(16)22-9-5-2-6-10-22/h3-4,7-8,11-12H,2,5-6,9-10H2,1H3,(H,21,24). The van der Waals surface area contributed by atoms with Gasteiger partial charge in [-0.25, -0.2) is 4.39 Å². The van der Waals surface area contributed by atoms with Crippen LogP contribution in [0.3, 0.4) is 0 Å². The molecule has 0 aliphatic carbocycles. The van der Waals surface area contributed by atoms with Gasteiger partial charge in [0.25, 0.3) is 11.6 Å². The van der Waals surface area contributed by atoms with E-state index in [4.69, 9.17) is 0 Å². The van der Waals surface area contributed by atoms with E-state index in [1.807, 2.05) is 12.1 Å². The maximum Gasteiger partial charge on any atom is 0.276 e. The number of nitro benzene ring substituents is 1. The molecule has 2 aromatic rings.